The highest BCUT2D eigenvalue weighted by Crippen LogP contribution is 2.48. The van der Waals surface area contributed by atoms with Crippen molar-refractivity contribution >= 4 is 11.7 Å². The summed E-state index contributed by atoms with van der Waals surface area (Å²) in [7, 11) is 0. The van der Waals surface area contributed by atoms with E-state index in [0.717, 1.165) is 51.4 Å². The SMILES string of the molecule is O=C(NCC12CCC(CC1)N2c1cc(C(F)F)ncn1)C1CCCC1. The third-order valence-electron chi connectivity index (χ3n) is 6.22. The standard InChI is InChI=1S/C18H24F2N4O/c19-16(20)14-9-15(23-11-22-14)24-13-5-7-18(24,8-6-13)10-21-17(25)12-3-1-2-4-12/h9,11-13,16H,1-8,10H2,(H,21,25). The maximum Gasteiger partial charge on any atom is 0.280 e. The molecule has 0 aromatic carbocycles. The van der Waals surface area contributed by atoms with Gasteiger partial charge in [0.15, 0.2) is 0 Å². The highest BCUT2D eigenvalue weighted by Gasteiger charge is 2.52. The van der Waals surface area contributed by atoms with Crippen LogP contribution in [-0.2, 0) is 4.79 Å². The van der Waals surface area contributed by atoms with Gasteiger partial charge in [0.05, 0.1) is 5.54 Å². The molecule has 1 amide bonds. The molecule has 1 N–H and O–H groups in total. The van der Waals surface area contributed by atoms with Crippen LogP contribution in [0.15, 0.2) is 12.4 Å². The molecule has 1 saturated carbocycles. The Morgan fingerprint density at radius 1 is 1.24 bits per heavy atom. The van der Waals surface area contributed by atoms with Crippen molar-refractivity contribution < 1.29 is 13.6 Å². The lowest BCUT2D eigenvalue weighted by molar-refractivity contribution is -0.125. The molecule has 2 saturated heterocycles. The zero-order chi connectivity index (χ0) is 17.4. The molecule has 2 bridgehead atoms. The number of alkyl halides is 2. The minimum Gasteiger partial charge on any atom is -0.354 e. The fraction of sp³-hybridized carbons (Fsp3) is 0.722. The van der Waals surface area contributed by atoms with Gasteiger partial charge < -0.3 is 10.2 Å². The van der Waals surface area contributed by atoms with Gasteiger partial charge in [0.1, 0.15) is 17.8 Å². The van der Waals surface area contributed by atoms with Crippen LogP contribution >= 0.6 is 0 Å². The summed E-state index contributed by atoms with van der Waals surface area (Å²) in [6.07, 6.45) is 6.83. The third kappa shape index (κ3) is 2.98. The van der Waals surface area contributed by atoms with Crippen molar-refractivity contribution in [3.8, 4) is 0 Å². The minimum atomic E-state index is -2.60. The Balaban J connectivity index is 1.51. The number of carbonyl (C=O) groups excluding carboxylic acids is 1. The lowest BCUT2D eigenvalue weighted by Crippen LogP contribution is -2.51. The number of aromatic nitrogens is 2. The van der Waals surface area contributed by atoms with Crippen molar-refractivity contribution in [3.05, 3.63) is 18.1 Å². The molecule has 1 aromatic rings. The molecular weight excluding hydrogens is 326 g/mol. The van der Waals surface area contributed by atoms with Gasteiger partial charge in [0.25, 0.3) is 6.43 Å². The van der Waals surface area contributed by atoms with Gasteiger partial charge in [-0.2, -0.15) is 0 Å². The Kier molecular flexibility index (Phi) is 4.33. The molecule has 1 aliphatic carbocycles. The largest absolute Gasteiger partial charge is 0.354 e. The first kappa shape index (κ1) is 16.7. The van der Waals surface area contributed by atoms with E-state index in [1.165, 1.54) is 12.4 Å². The molecule has 7 heteroatoms. The average molecular weight is 350 g/mol. The van der Waals surface area contributed by atoms with E-state index in [1.807, 2.05) is 0 Å². The summed E-state index contributed by atoms with van der Waals surface area (Å²) in [6.45, 7) is 0.576. The molecule has 4 rings (SSSR count). The second-order valence-electron chi connectivity index (χ2n) is 7.63. The molecule has 3 aliphatic rings. The molecule has 25 heavy (non-hydrogen) atoms. The monoisotopic (exact) mass is 350 g/mol. The zero-order valence-corrected chi connectivity index (χ0v) is 14.3. The van der Waals surface area contributed by atoms with Gasteiger partial charge in [0.2, 0.25) is 5.91 Å². The van der Waals surface area contributed by atoms with E-state index in [9.17, 15) is 13.6 Å². The number of fused-ring (bicyclic) bond motifs is 2. The second kappa shape index (κ2) is 6.50. The minimum absolute atomic E-state index is 0.146. The summed E-state index contributed by atoms with van der Waals surface area (Å²) >= 11 is 0. The van der Waals surface area contributed by atoms with Gasteiger partial charge in [-0.15, -0.1) is 0 Å². The number of nitrogens with one attached hydrogen (secondary N) is 1. The fourth-order valence-corrected chi connectivity index (χ4v) is 4.91. The maximum atomic E-state index is 13.0. The normalized spacial score (nSPS) is 28.9. The number of hydrogen-bond donors (Lipinski definition) is 1. The Hall–Kier alpha value is -1.79. The molecule has 0 unspecified atom stereocenters. The van der Waals surface area contributed by atoms with Crippen LogP contribution in [0.5, 0.6) is 0 Å². The van der Waals surface area contributed by atoms with Crippen molar-refractivity contribution in [2.75, 3.05) is 11.4 Å². The van der Waals surface area contributed by atoms with Gasteiger partial charge in [-0.05, 0) is 38.5 Å². The average Bonchev–Trinajstić information content (AvgIpc) is 3.35. The van der Waals surface area contributed by atoms with Gasteiger partial charge in [-0.25, -0.2) is 18.7 Å². The number of amides is 1. The van der Waals surface area contributed by atoms with Crippen LogP contribution in [0.4, 0.5) is 14.6 Å². The quantitative estimate of drug-likeness (QED) is 0.886. The van der Waals surface area contributed by atoms with Gasteiger partial charge in [-0.1, -0.05) is 12.8 Å². The molecule has 5 nitrogen and oxygen atoms in total. The number of halogens is 2. The van der Waals surface area contributed by atoms with Crippen molar-refractivity contribution in [1.29, 1.82) is 0 Å². The van der Waals surface area contributed by atoms with Gasteiger partial charge in [-0.3, -0.25) is 4.79 Å². The summed E-state index contributed by atoms with van der Waals surface area (Å²) in [5.41, 5.74) is -0.423. The predicted octanol–water partition coefficient (Wildman–Crippen LogP) is 3.22. The Morgan fingerprint density at radius 2 is 1.96 bits per heavy atom. The van der Waals surface area contributed by atoms with Crippen molar-refractivity contribution in [1.82, 2.24) is 15.3 Å². The molecule has 3 fully saturated rings. The van der Waals surface area contributed by atoms with E-state index in [4.69, 9.17) is 0 Å². The predicted molar refractivity (Wildman–Crippen MR) is 89.4 cm³/mol. The Morgan fingerprint density at radius 3 is 2.64 bits per heavy atom. The lowest BCUT2D eigenvalue weighted by Gasteiger charge is -2.36. The van der Waals surface area contributed by atoms with E-state index in [-0.39, 0.29) is 23.1 Å². The van der Waals surface area contributed by atoms with Crippen LogP contribution in [0.2, 0.25) is 0 Å². The van der Waals surface area contributed by atoms with Crippen LogP contribution in [0.1, 0.15) is 63.5 Å². The summed E-state index contributed by atoms with van der Waals surface area (Å²) in [5, 5.41) is 3.15. The summed E-state index contributed by atoms with van der Waals surface area (Å²) < 4.78 is 26.0. The molecule has 1 aromatic heterocycles. The number of hydrogen-bond acceptors (Lipinski definition) is 4. The Bertz CT molecular complexity index is 640. The van der Waals surface area contributed by atoms with E-state index < -0.39 is 6.43 Å². The second-order valence-corrected chi connectivity index (χ2v) is 7.63. The molecule has 136 valence electrons. The molecule has 3 heterocycles. The van der Waals surface area contributed by atoms with E-state index in [1.54, 1.807) is 0 Å². The molecule has 0 radical (unpaired) electrons. The number of nitrogens with zero attached hydrogens (tertiary/aromatic N) is 3. The van der Waals surface area contributed by atoms with Crippen molar-refractivity contribution in [3.63, 3.8) is 0 Å². The topological polar surface area (TPSA) is 58.1 Å². The van der Waals surface area contributed by atoms with Crippen LogP contribution in [0.3, 0.4) is 0 Å². The van der Waals surface area contributed by atoms with Crippen LogP contribution in [-0.4, -0.2) is 34.0 Å². The third-order valence-corrected chi connectivity index (χ3v) is 6.22. The van der Waals surface area contributed by atoms with Gasteiger partial charge in [0, 0.05) is 24.6 Å². The summed E-state index contributed by atoms with van der Waals surface area (Å²) in [6, 6.07) is 1.73. The summed E-state index contributed by atoms with van der Waals surface area (Å²) in [5.74, 6) is 0.867. The van der Waals surface area contributed by atoms with Gasteiger partial charge >= 0.3 is 0 Å². The fourth-order valence-electron chi connectivity index (χ4n) is 4.91. The van der Waals surface area contributed by atoms with E-state index in [0.29, 0.717) is 18.4 Å². The Labute approximate surface area is 146 Å². The van der Waals surface area contributed by atoms with Crippen LogP contribution in [0, 0.1) is 5.92 Å². The van der Waals surface area contributed by atoms with Crippen LogP contribution < -0.4 is 10.2 Å². The number of anilines is 1. The first-order chi connectivity index (χ1) is 12.1. The lowest BCUT2D eigenvalue weighted by atomic mass is 9.87. The van der Waals surface area contributed by atoms with Crippen molar-refractivity contribution in [2.45, 2.75) is 69.4 Å². The summed E-state index contributed by atoms with van der Waals surface area (Å²) in [4.78, 5) is 22.5. The highest BCUT2D eigenvalue weighted by atomic mass is 19.3. The van der Waals surface area contributed by atoms with E-state index >= 15 is 0 Å². The number of carbonyl (C=O) groups is 1. The molecule has 0 atom stereocenters. The molecular formula is C18H24F2N4O. The molecule has 0 spiro atoms. The maximum absolute atomic E-state index is 13.0. The smallest absolute Gasteiger partial charge is 0.280 e. The first-order valence-electron chi connectivity index (χ1n) is 9.26. The highest BCUT2D eigenvalue weighted by molar-refractivity contribution is 5.79. The first-order valence-corrected chi connectivity index (χ1v) is 9.26. The number of rotatable bonds is 5. The molecule has 2 aliphatic heterocycles. The zero-order valence-electron chi connectivity index (χ0n) is 14.3. The van der Waals surface area contributed by atoms with E-state index in [2.05, 4.69) is 20.2 Å². The van der Waals surface area contributed by atoms with Crippen LogP contribution in [0.25, 0.3) is 0 Å². The van der Waals surface area contributed by atoms with Crippen molar-refractivity contribution in [2.24, 2.45) is 5.92 Å².